The molecule has 24 heavy (non-hydrogen) atoms. The highest BCUT2D eigenvalue weighted by atomic mass is 32.1. The Hall–Kier alpha value is -2.47. The van der Waals surface area contributed by atoms with Crippen molar-refractivity contribution in [2.24, 2.45) is 5.92 Å². The van der Waals surface area contributed by atoms with Crippen molar-refractivity contribution in [1.82, 2.24) is 9.88 Å². The van der Waals surface area contributed by atoms with Crippen LogP contribution in [-0.2, 0) is 9.59 Å². The van der Waals surface area contributed by atoms with Gasteiger partial charge < -0.3 is 10.2 Å². The summed E-state index contributed by atoms with van der Waals surface area (Å²) < 4.78 is 0. The number of piperidine rings is 1. The van der Waals surface area contributed by atoms with Crippen molar-refractivity contribution in [1.29, 1.82) is 0 Å². The van der Waals surface area contributed by atoms with Crippen LogP contribution in [0.15, 0.2) is 48.0 Å². The molecule has 1 aromatic carbocycles. The fraction of sp³-hybridized carbons (Fsp3) is 0.278. The van der Waals surface area contributed by atoms with Crippen LogP contribution in [0.25, 0.3) is 6.08 Å². The number of thiazole rings is 1. The lowest BCUT2D eigenvalue weighted by Crippen LogP contribution is -2.40. The number of likely N-dealkylation sites (tertiary alicyclic amines) is 1. The quantitative estimate of drug-likeness (QED) is 0.870. The zero-order chi connectivity index (χ0) is 16.8. The summed E-state index contributed by atoms with van der Waals surface area (Å²) >= 11 is 1.41. The van der Waals surface area contributed by atoms with Crippen LogP contribution >= 0.6 is 11.3 Å². The number of nitrogens with one attached hydrogen (secondary N) is 1. The number of hydrogen-bond donors (Lipinski definition) is 1. The Bertz CT molecular complexity index is 705. The second-order valence-electron chi connectivity index (χ2n) is 5.67. The molecule has 1 saturated heterocycles. The van der Waals surface area contributed by atoms with Crippen LogP contribution in [0, 0.1) is 5.92 Å². The highest BCUT2D eigenvalue weighted by Crippen LogP contribution is 2.20. The van der Waals surface area contributed by atoms with Crippen LogP contribution in [0.4, 0.5) is 5.13 Å². The minimum Gasteiger partial charge on any atom is -0.339 e. The smallest absolute Gasteiger partial charge is 0.246 e. The van der Waals surface area contributed by atoms with E-state index in [2.05, 4.69) is 10.3 Å². The molecule has 5 nitrogen and oxygen atoms in total. The maximum atomic E-state index is 12.2. The van der Waals surface area contributed by atoms with Crippen molar-refractivity contribution >= 4 is 34.4 Å². The number of carbonyl (C=O) groups is 2. The summed E-state index contributed by atoms with van der Waals surface area (Å²) in [4.78, 5) is 30.3. The molecule has 0 atom stereocenters. The molecule has 6 heteroatoms. The second kappa shape index (κ2) is 7.88. The maximum Gasteiger partial charge on any atom is 0.246 e. The van der Waals surface area contributed by atoms with Crippen LogP contribution in [0.5, 0.6) is 0 Å². The van der Waals surface area contributed by atoms with Gasteiger partial charge in [0.1, 0.15) is 0 Å². The maximum absolute atomic E-state index is 12.2. The van der Waals surface area contributed by atoms with E-state index in [0.29, 0.717) is 31.1 Å². The first-order chi connectivity index (χ1) is 11.7. The summed E-state index contributed by atoms with van der Waals surface area (Å²) in [5, 5.41) is 5.29. The van der Waals surface area contributed by atoms with Gasteiger partial charge in [-0.1, -0.05) is 30.3 Å². The summed E-state index contributed by atoms with van der Waals surface area (Å²) in [6.07, 6.45) is 6.46. The van der Waals surface area contributed by atoms with E-state index in [9.17, 15) is 9.59 Å². The number of anilines is 1. The zero-order valence-corrected chi connectivity index (χ0v) is 14.0. The Balaban J connectivity index is 1.48. The Morgan fingerprint density at radius 3 is 2.62 bits per heavy atom. The van der Waals surface area contributed by atoms with E-state index in [1.54, 1.807) is 17.2 Å². The van der Waals surface area contributed by atoms with Crippen molar-refractivity contribution in [3.05, 3.63) is 53.5 Å². The summed E-state index contributed by atoms with van der Waals surface area (Å²) in [6.45, 7) is 1.21. The minimum atomic E-state index is -0.0592. The van der Waals surface area contributed by atoms with Gasteiger partial charge in [0.05, 0.1) is 0 Å². The van der Waals surface area contributed by atoms with Crippen molar-refractivity contribution in [3.8, 4) is 0 Å². The van der Waals surface area contributed by atoms with Crippen molar-refractivity contribution in [3.63, 3.8) is 0 Å². The van der Waals surface area contributed by atoms with Gasteiger partial charge in [0, 0.05) is 36.7 Å². The molecule has 1 fully saturated rings. The molecule has 0 saturated carbocycles. The molecule has 0 spiro atoms. The molecule has 0 unspecified atom stereocenters. The van der Waals surface area contributed by atoms with Crippen LogP contribution in [0.3, 0.4) is 0 Å². The third-order valence-corrected chi connectivity index (χ3v) is 4.75. The molecule has 1 aliphatic rings. The lowest BCUT2D eigenvalue weighted by atomic mass is 9.96. The molecule has 3 rings (SSSR count). The summed E-state index contributed by atoms with van der Waals surface area (Å²) in [7, 11) is 0. The number of carbonyl (C=O) groups excluding carboxylic acids is 2. The molecular formula is C18H19N3O2S. The molecule has 1 aromatic heterocycles. The highest BCUT2D eigenvalue weighted by Gasteiger charge is 2.26. The standard InChI is InChI=1S/C18H19N3O2S/c22-16(7-6-14-4-2-1-3-5-14)21-11-8-15(9-12-21)17(23)20-18-19-10-13-24-18/h1-7,10,13,15H,8-9,11-12H2,(H,19,20,23). The van der Waals surface area contributed by atoms with Gasteiger partial charge in [-0.05, 0) is 24.5 Å². The number of amides is 2. The van der Waals surface area contributed by atoms with E-state index in [1.165, 1.54) is 11.3 Å². The first-order valence-corrected chi connectivity index (χ1v) is 8.83. The minimum absolute atomic E-state index is 0.00219. The lowest BCUT2D eigenvalue weighted by Gasteiger charge is -2.30. The van der Waals surface area contributed by atoms with Gasteiger partial charge in [0.2, 0.25) is 11.8 Å². The number of nitrogens with zero attached hydrogens (tertiary/aromatic N) is 2. The van der Waals surface area contributed by atoms with Gasteiger partial charge in [-0.15, -0.1) is 11.3 Å². The molecule has 0 radical (unpaired) electrons. The van der Waals surface area contributed by atoms with Gasteiger partial charge in [-0.25, -0.2) is 4.98 Å². The van der Waals surface area contributed by atoms with E-state index in [4.69, 9.17) is 0 Å². The van der Waals surface area contributed by atoms with Gasteiger partial charge >= 0.3 is 0 Å². The van der Waals surface area contributed by atoms with Crippen LogP contribution in [-0.4, -0.2) is 34.8 Å². The predicted octanol–water partition coefficient (Wildman–Crippen LogP) is 3.03. The zero-order valence-electron chi connectivity index (χ0n) is 13.2. The predicted molar refractivity (Wildman–Crippen MR) is 95.5 cm³/mol. The first kappa shape index (κ1) is 16.4. The monoisotopic (exact) mass is 341 g/mol. The summed E-state index contributed by atoms with van der Waals surface area (Å²) in [5.41, 5.74) is 1.00. The Morgan fingerprint density at radius 2 is 1.96 bits per heavy atom. The van der Waals surface area contributed by atoms with E-state index >= 15 is 0 Å². The van der Waals surface area contributed by atoms with Crippen molar-refractivity contribution in [2.75, 3.05) is 18.4 Å². The Labute approximate surface area is 145 Å². The van der Waals surface area contributed by atoms with Crippen LogP contribution < -0.4 is 5.32 Å². The summed E-state index contributed by atoms with van der Waals surface area (Å²) in [6, 6.07) is 9.74. The third kappa shape index (κ3) is 4.29. The molecular weight excluding hydrogens is 322 g/mol. The molecule has 2 aromatic rings. The van der Waals surface area contributed by atoms with Gasteiger partial charge in [0.25, 0.3) is 0 Å². The van der Waals surface area contributed by atoms with E-state index in [1.807, 2.05) is 41.8 Å². The average molecular weight is 341 g/mol. The van der Waals surface area contributed by atoms with Crippen LogP contribution in [0.2, 0.25) is 0 Å². The number of hydrogen-bond acceptors (Lipinski definition) is 4. The van der Waals surface area contributed by atoms with Crippen molar-refractivity contribution in [2.45, 2.75) is 12.8 Å². The van der Waals surface area contributed by atoms with E-state index in [-0.39, 0.29) is 17.7 Å². The summed E-state index contributed by atoms with van der Waals surface area (Å²) in [5.74, 6) is -0.0643. The fourth-order valence-corrected chi connectivity index (χ4v) is 3.22. The first-order valence-electron chi connectivity index (χ1n) is 7.95. The molecule has 2 heterocycles. The average Bonchev–Trinajstić information content (AvgIpc) is 3.13. The molecule has 124 valence electrons. The van der Waals surface area contributed by atoms with Gasteiger partial charge in [-0.3, -0.25) is 9.59 Å². The van der Waals surface area contributed by atoms with E-state index < -0.39 is 0 Å². The Morgan fingerprint density at radius 1 is 1.21 bits per heavy atom. The largest absolute Gasteiger partial charge is 0.339 e. The second-order valence-corrected chi connectivity index (χ2v) is 6.56. The van der Waals surface area contributed by atoms with Crippen LogP contribution in [0.1, 0.15) is 18.4 Å². The Kier molecular flexibility index (Phi) is 5.38. The molecule has 1 N–H and O–H groups in total. The SMILES string of the molecule is O=C(Nc1nccs1)C1CCN(C(=O)C=Cc2ccccc2)CC1. The molecule has 1 aliphatic heterocycles. The molecule has 2 amide bonds. The molecule has 0 aliphatic carbocycles. The fourth-order valence-electron chi connectivity index (χ4n) is 2.69. The number of benzene rings is 1. The molecule has 0 bridgehead atoms. The highest BCUT2D eigenvalue weighted by molar-refractivity contribution is 7.13. The van der Waals surface area contributed by atoms with E-state index in [0.717, 1.165) is 5.56 Å². The number of rotatable bonds is 4. The van der Waals surface area contributed by atoms with Gasteiger partial charge in [-0.2, -0.15) is 0 Å². The lowest BCUT2D eigenvalue weighted by molar-refractivity contribution is -0.130. The van der Waals surface area contributed by atoms with Gasteiger partial charge in [0.15, 0.2) is 5.13 Å². The third-order valence-electron chi connectivity index (χ3n) is 4.06. The topological polar surface area (TPSA) is 62.3 Å². The van der Waals surface area contributed by atoms with Crippen molar-refractivity contribution < 1.29 is 9.59 Å². The normalized spacial score (nSPS) is 15.6. The number of aromatic nitrogens is 1.